The molecule has 0 aliphatic heterocycles. The molecule has 3 N–H and O–H groups in total. The van der Waals surface area contributed by atoms with E-state index in [2.05, 4.69) is 14.7 Å². The van der Waals surface area contributed by atoms with Crippen LogP contribution in [0.1, 0.15) is 23.8 Å². The Morgan fingerprint density at radius 2 is 2.15 bits per heavy atom. The van der Waals surface area contributed by atoms with Gasteiger partial charge in [0.15, 0.2) is 0 Å². The second kappa shape index (κ2) is 7.14. The Labute approximate surface area is 166 Å². The summed E-state index contributed by atoms with van der Waals surface area (Å²) < 4.78 is 28.4. The average Bonchev–Trinajstić information content (AvgIpc) is 3.36. The molecule has 0 bridgehead atoms. The number of aromatic nitrogens is 3. The molecule has 1 unspecified atom stereocenters. The Bertz CT molecular complexity index is 1050. The van der Waals surface area contributed by atoms with E-state index in [1.165, 1.54) is 29.7 Å². The number of benzene rings is 1. The Morgan fingerprint density at radius 3 is 2.81 bits per heavy atom. The van der Waals surface area contributed by atoms with Crippen LogP contribution in [0.5, 0.6) is 0 Å². The maximum absolute atomic E-state index is 14.3. The average molecular weight is 424 g/mol. The number of rotatable bonds is 5. The molecule has 1 saturated carbocycles. The van der Waals surface area contributed by atoms with Gasteiger partial charge in [-0.2, -0.15) is 0 Å². The van der Waals surface area contributed by atoms with Crippen molar-refractivity contribution in [3.63, 3.8) is 0 Å². The predicted molar refractivity (Wildman–Crippen MR) is 108 cm³/mol. The third-order valence-corrected chi connectivity index (χ3v) is 6.18. The van der Waals surface area contributed by atoms with Crippen LogP contribution < -0.4 is 10.5 Å². The van der Waals surface area contributed by atoms with Gasteiger partial charge in [-0.25, -0.2) is 23.6 Å². The fraction of sp³-hybridized carbons (Fsp3) is 0.235. The van der Waals surface area contributed by atoms with E-state index < -0.39 is 16.8 Å². The molecular formula is C17H15ClFN5OS2. The molecule has 27 heavy (non-hydrogen) atoms. The highest BCUT2D eigenvalue weighted by atomic mass is 35.5. The van der Waals surface area contributed by atoms with Gasteiger partial charge in [0, 0.05) is 23.9 Å². The number of nitrogens with zero attached hydrogens (tertiary/aromatic N) is 3. The third-order valence-electron chi connectivity index (χ3n) is 4.02. The predicted octanol–water partition coefficient (Wildman–Crippen LogP) is 4.22. The third kappa shape index (κ3) is 3.80. The molecule has 1 aliphatic rings. The zero-order valence-corrected chi connectivity index (χ0v) is 16.6. The zero-order chi connectivity index (χ0) is 19.1. The van der Waals surface area contributed by atoms with Crippen molar-refractivity contribution >= 4 is 45.6 Å². The van der Waals surface area contributed by atoms with Crippen LogP contribution in [0.15, 0.2) is 24.4 Å². The van der Waals surface area contributed by atoms with Crippen molar-refractivity contribution in [2.24, 2.45) is 0 Å². The Kier molecular flexibility index (Phi) is 4.83. The van der Waals surface area contributed by atoms with Crippen molar-refractivity contribution in [1.82, 2.24) is 15.0 Å². The summed E-state index contributed by atoms with van der Waals surface area (Å²) in [6.07, 6.45) is 5.18. The largest absolute Gasteiger partial charge is 0.368 e. The number of halogens is 2. The molecular weight excluding hydrogens is 409 g/mol. The van der Waals surface area contributed by atoms with E-state index in [1.807, 2.05) is 0 Å². The van der Waals surface area contributed by atoms with Gasteiger partial charge in [0.2, 0.25) is 5.95 Å². The Morgan fingerprint density at radius 1 is 1.37 bits per heavy atom. The molecule has 1 aromatic carbocycles. The smallest absolute Gasteiger partial charge is 0.220 e. The standard InChI is InChI=1S/C17H15ClFN5OS2/c1-27(25)24-12-7-9(19)6-10(13(12)18)14-15(11-4-5-21-17(20)22-11)26-16(23-14)8-2-3-8/h4-8,24H,2-3H2,1H3,(H2,20,21,22). The zero-order valence-electron chi connectivity index (χ0n) is 14.2. The van der Waals surface area contributed by atoms with Gasteiger partial charge in [-0.05, 0) is 31.0 Å². The van der Waals surface area contributed by atoms with Gasteiger partial charge < -0.3 is 10.5 Å². The number of nitrogen functional groups attached to an aromatic ring is 1. The molecule has 2 heterocycles. The summed E-state index contributed by atoms with van der Waals surface area (Å²) in [4.78, 5) is 13.7. The van der Waals surface area contributed by atoms with Crippen LogP contribution in [0.2, 0.25) is 5.02 Å². The summed E-state index contributed by atoms with van der Waals surface area (Å²) in [5, 5.41) is 1.22. The monoisotopic (exact) mass is 423 g/mol. The van der Waals surface area contributed by atoms with Crippen LogP contribution in [0, 0.1) is 5.82 Å². The molecule has 3 aromatic rings. The van der Waals surface area contributed by atoms with Crippen LogP contribution in [-0.2, 0) is 11.0 Å². The van der Waals surface area contributed by atoms with E-state index in [0.29, 0.717) is 22.9 Å². The molecule has 2 aromatic heterocycles. The van der Waals surface area contributed by atoms with Gasteiger partial charge in [-0.15, -0.1) is 11.3 Å². The van der Waals surface area contributed by atoms with E-state index in [-0.39, 0.29) is 16.7 Å². The summed E-state index contributed by atoms with van der Waals surface area (Å²) in [5.41, 5.74) is 7.54. The lowest BCUT2D eigenvalue weighted by atomic mass is 10.1. The highest BCUT2D eigenvalue weighted by molar-refractivity contribution is 7.85. The summed E-state index contributed by atoms with van der Waals surface area (Å²) in [5.74, 6) is 0.0557. The minimum Gasteiger partial charge on any atom is -0.368 e. The minimum absolute atomic E-state index is 0.147. The summed E-state index contributed by atoms with van der Waals surface area (Å²) >= 11 is 8.00. The van der Waals surface area contributed by atoms with E-state index in [9.17, 15) is 8.60 Å². The van der Waals surface area contributed by atoms with Crippen molar-refractivity contribution in [2.45, 2.75) is 18.8 Å². The second-order valence-electron chi connectivity index (χ2n) is 6.18. The first kappa shape index (κ1) is 18.3. The van der Waals surface area contributed by atoms with E-state index in [0.717, 1.165) is 22.7 Å². The molecule has 10 heteroatoms. The number of thiazole rings is 1. The van der Waals surface area contributed by atoms with Gasteiger partial charge in [-0.1, -0.05) is 11.6 Å². The first-order valence-corrected chi connectivity index (χ1v) is 10.9. The van der Waals surface area contributed by atoms with Crippen LogP contribution >= 0.6 is 22.9 Å². The van der Waals surface area contributed by atoms with Crippen molar-refractivity contribution in [2.75, 3.05) is 16.7 Å². The van der Waals surface area contributed by atoms with Crippen LogP contribution in [0.4, 0.5) is 16.0 Å². The lowest BCUT2D eigenvalue weighted by Crippen LogP contribution is -2.03. The highest BCUT2D eigenvalue weighted by Crippen LogP contribution is 2.48. The van der Waals surface area contributed by atoms with E-state index in [1.54, 1.807) is 12.3 Å². The fourth-order valence-electron chi connectivity index (χ4n) is 2.69. The van der Waals surface area contributed by atoms with E-state index in [4.69, 9.17) is 22.3 Å². The van der Waals surface area contributed by atoms with Crippen molar-refractivity contribution in [3.8, 4) is 21.8 Å². The van der Waals surface area contributed by atoms with Gasteiger partial charge in [0.25, 0.3) is 0 Å². The quantitative estimate of drug-likeness (QED) is 0.640. The van der Waals surface area contributed by atoms with Crippen LogP contribution in [0.25, 0.3) is 21.8 Å². The first-order valence-electron chi connectivity index (χ1n) is 8.11. The number of hydrogen-bond donors (Lipinski definition) is 2. The van der Waals surface area contributed by atoms with Crippen molar-refractivity contribution in [1.29, 1.82) is 0 Å². The van der Waals surface area contributed by atoms with Gasteiger partial charge >= 0.3 is 0 Å². The molecule has 1 atom stereocenters. The van der Waals surface area contributed by atoms with Crippen molar-refractivity contribution in [3.05, 3.63) is 40.2 Å². The Hall–Kier alpha value is -2.10. The summed E-state index contributed by atoms with van der Waals surface area (Å²) in [6, 6.07) is 4.27. The maximum Gasteiger partial charge on any atom is 0.220 e. The molecule has 1 aliphatic carbocycles. The molecule has 4 rings (SSSR count). The van der Waals surface area contributed by atoms with Crippen LogP contribution in [0.3, 0.4) is 0 Å². The molecule has 0 amide bonds. The number of nitrogens with two attached hydrogens (primary N) is 1. The van der Waals surface area contributed by atoms with Crippen LogP contribution in [-0.4, -0.2) is 25.4 Å². The molecule has 1 fully saturated rings. The topological polar surface area (TPSA) is 93.8 Å². The molecule has 0 radical (unpaired) electrons. The number of anilines is 2. The summed E-state index contributed by atoms with van der Waals surface area (Å²) in [6.45, 7) is 0. The first-order chi connectivity index (χ1) is 12.9. The minimum atomic E-state index is -1.39. The van der Waals surface area contributed by atoms with Crippen molar-refractivity contribution < 1.29 is 8.60 Å². The van der Waals surface area contributed by atoms with Gasteiger partial charge in [0.05, 0.1) is 32.0 Å². The van der Waals surface area contributed by atoms with E-state index >= 15 is 0 Å². The number of hydrogen-bond acceptors (Lipinski definition) is 6. The molecule has 6 nitrogen and oxygen atoms in total. The molecule has 0 saturated heterocycles. The summed E-state index contributed by atoms with van der Waals surface area (Å²) in [7, 11) is -1.39. The lowest BCUT2D eigenvalue weighted by molar-refractivity contribution is 0.629. The number of nitrogens with one attached hydrogen (secondary N) is 1. The van der Waals surface area contributed by atoms with Gasteiger partial charge in [-0.3, -0.25) is 0 Å². The van der Waals surface area contributed by atoms with Gasteiger partial charge in [0.1, 0.15) is 16.8 Å². The maximum atomic E-state index is 14.3. The molecule has 0 spiro atoms. The second-order valence-corrected chi connectivity index (χ2v) is 8.70. The Balaban J connectivity index is 1.91. The highest BCUT2D eigenvalue weighted by Gasteiger charge is 2.30. The fourth-order valence-corrected chi connectivity index (χ4v) is 4.68. The molecule has 140 valence electrons. The normalized spacial score (nSPS) is 14.9. The lowest BCUT2D eigenvalue weighted by Gasteiger charge is -2.11. The SMILES string of the molecule is CS(=O)Nc1cc(F)cc(-c2nc(C3CC3)sc2-c2ccnc(N)n2)c1Cl.